The highest BCUT2D eigenvalue weighted by Crippen LogP contribution is 2.27. The fraction of sp³-hybridized carbons (Fsp3) is 0.286. The minimum atomic E-state index is -4.21. The average molecular weight is 593 g/mol. The molecule has 0 heterocycles. The molecule has 0 unspecified atom stereocenters. The molecule has 1 N–H and O–H groups in total. The fourth-order valence-corrected chi connectivity index (χ4v) is 5.54. The molecule has 8 nitrogen and oxygen atoms in total. The zero-order chi connectivity index (χ0) is 28.7. The molecule has 0 aliphatic heterocycles. The zero-order valence-electron chi connectivity index (χ0n) is 22.1. The van der Waals surface area contributed by atoms with E-state index >= 15 is 0 Å². The number of rotatable bonds is 11. The van der Waals surface area contributed by atoms with Crippen LogP contribution in [-0.4, -0.2) is 50.9 Å². The summed E-state index contributed by atoms with van der Waals surface area (Å²) < 4.78 is 33.8. The topological polar surface area (TPSA) is 96.0 Å². The highest BCUT2D eigenvalue weighted by atomic mass is 35.5. The Morgan fingerprint density at radius 2 is 1.54 bits per heavy atom. The minimum absolute atomic E-state index is 0.00221. The van der Waals surface area contributed by atoms with Gasteiger partial charge in [0.25, 0.3) is 10.0 Å². The Labute approximate surface area is 239 Å². The molecule has 0 saturated heterocycles. The third-order valence-corrected chi connectivity index (χ3v) is 8.35. The first-order valence-corrected chi connectivity index (χ1v) is 14.4. The largest absolute Gasteiger partial charge is 0.497 e. The molecule has 0 fully saturated rings. The van der Waals surface area contributed by atoms with Gasteiger partial charge in [-0.3, -0.25) is 13.9 Å². The van der Waals surface area contributed by atoms with E-state index in [0.717, 1.165) is 4.31 Å². The summed E-state index contributed by atoms with van der Waals surface area (Å²) in [6.45, 7) is 4.65. The van der Waals surface area contributed by atoms with Crippen molar-refractivity contribution < 1.29 is 22.7 Å². The third-order valence-electron chi connectivity index (χ3n) is 5.94. The first-order valence-electron chi connectivity index (χ1n) is 12.2. The number of amides is 2. The Kier molecular flexibility index (Phi) is 10.2. The lowest BCUT2D eigenvalue weighted by atomic mass is 10.1. The summed E-state index contributed by atoms with van der Waals surface area (Å²) in [5, 5.41) is 3.64. The first kappa shape index (κ1) is 30.3. The van der Waals surface area contributed by atoms with Crippen LogP contribution >= 0.6 is 23.2 Å². The highest BCUT2D eigenvalue weighted by Gasteiger charge is 2.33. The Balaban J connectivity index is 2.04. The maximum absolute atomic E-state index is 13.9. The second-order valence-electron chi connectivity index (χ2n) is 9.12. The molecule has 11 heteroatoms. The number of carbonyl (C=O) groups excluding carboxylic acids is 2. The average Bonchev–Trinajstić information content (AvgIpc) is 2.91. The van der Waals surface area contributed by atoms with E-state index in [1.54, 1.807) is 31.2 Å². The molecular weight excluding hydrogens is 561 g/mol. The number of halogens is 2. The Hall–Kier alpha value is -3.27. The SMILES string of the molecule is COc1ccc(S(=O)(=O)N(CC(=O)N(Cc2ccccc2Cl)[C@@H](C)C(=O)NC(C)C)c2ccc(Cl)cc2)cc1. The lowest BCUT2D eigenvalue weighted by Gasteiger charge is -2.32. The number of methoxy groups -OCH3 is 1. The van der Waals surface area contributed by atoms with Crippen LogP contribution in [0.4, 0.5) is 5.69 Å². The van der Waals surface area contributed by atoms with Crippen LogP contribution in [0, 0.1) is 0 Å². The summed E-state index contributed by atoms with van der Waals surface area (Å²) in [5.41, 5.74) is 0.855. The van der Waals surface area contributed by atoms with Gasteiger partial charge in [-0.2, -0.15) is 0 Å². The molecule has 0 saturated carbocycles. The molecule has 0 radical (unpaired) electrons. The van der Waals surface area contributed by atoms with Crippen molar-refractivity contribution in [3.63, 3.8) is 0 Å². The summed E-state index contributed by atoms with van der Waals surface area (Å²) in [7, 11) is -2.73. The van der Waals surface area contributed by atoms with Gasteiger partial charge in [0.1, 0.15) is 18.3 Å². The lowest BCUT2D eigenvalue weighted by molar-refractivity contribution is -0.139. The molecule has 3 rings (SSSR count). The first-order chi connectivity index (χ1) is 18.4. The van der Waals surface area contributed by atoms with Crippen molar-refractivity contribution in [2.75, 3.05) is 18.0 Å². The van der Waals surface area contributed by atoms with Gasteiger partial charge < -0.3 is 15.0 Å². The van der Waals surface area contributed by atoms with E-state index in [0.29, 0.717) is 21.4 Å². The van der Waals surface area contributed by atoms with Crippen LogP contribution in [0.2, 0.25) is 10.0 Å². The molecule has 39 heavy (non-hydrogen) atoms. The smallest absolute Gasteiger partial charge is 0.264 e. The standard InChI is InChI=1S/C28H31Cl2N3O5S/c1-19(2)31-28(35)20(3)32(17-21-7-5-6-8-26(21)30)27(34)18-33(23-11-9-22(29)10-12-23)39(36,37)25-15-13-24(38-4)14-16-25/h5-16,19-20H,17-18H2,1-4H3,(H,31,35)/t20-/m0/s1. The molecule has 0 aromatic heterocycles. The third kappa shape index (κ3) is 7.65. The molecule has 208 valence electrons. The highest BCUT2D eigenvalue weighted by molar-refractivity contribution is 7.92. The van der Waals surface area contributed by atoms with E-state index in [9.17, 15) is 18.0 Å². The number of sulfonamides is 1. The minimum Gasteiger partial charge on any atom is -0.497 e. The number of hydrogen-bond donors (Lipinski definition) is 1. The number of anilines is 1. The van der Waals surface area contributed by atoms with Crippen molar-refractivity contribution in [3.8, 4) is 5.75 Å². The molecule has 2 amide bonds. The van der Waals surface area contributed by atoms with Crippen molar-refractivity contribution in [3.05, 3.63) is 88.4 Å². The van der Waals surface area contributed by atoms with Crippen molar-refractivity contribution in [1.29, 1.82) is 0 Å². The van der Waals surface area contributed by atoms with Crippen LogP contribution in [0.15, 0.2) is 77.7 Å². The molecule has 3 aromatic carbocycles. The number of nitrogens with one attached hydrogen (secondary N) is 1. The van der Waals surface area contributed by atoms with E-state index in [2.05, 4.69) is 5.32 Å². The number of carbonyl (C=O) groups is 2. The molecule has 0 aliphatic rings. The summed E-state index contributed by atoms with van der Waals surface area (Å²) in [6.07, 6.45) is 0. The summed E-state index contributed by atoms with van der Waals surface area (Å²) in [4.78, 5) is 28.1. The van der Waals surface area contributed by atoms with Crippen LogP contribution in [-0.2, 0) is 26.2 Å². The number of hydrogen-bond acceptors (Lipinski definition) is 5. The summed E-state index contributed by atoms with van der Waals surface area (Å²) in [5.74, 6) is -0.478. The summed E-state index contributed by atoms with van der Waals surface area (Å²) in [6, 6.07) is 17.9. The van der Waals surface area contributed by atoms with Crippen LogP contribution in [0.3, 0.4) is 0 Å². The Morgan fingerprint density at radius 3 is 2.10 bits per heavy atom. The van der Waals surface area contributed by atoms with Gasteiger partial charge in [-0.05, 0) is 80.9 Å². The molecule has 0 spiro atoms. The monoisotopic (exact) mass is 591 g/mol. The second kappa shape index (κ2) is 13.2. The van der Waals surface area contributed by atoms with Crippen molar-refractivity contribution in [2.45, 2.75) is 44.3 Å². The quantitative estimate of drug-likeness (QED) is 0.333. The summed E-state index contributed by atoms with van der Waals surface area (Å²) >= 11 is 12.4. The van der Waals surface area contributed by atoms with Crippen molar-refractivity contribution >= 4 is 50.7 Å². The van der Waals surface area contributed by atoms with E-state index in [1.165, 1.54) is 60.5 Å². The number of benzene rings is 3. The van der Waals surface area contributed by atoms with Crippen molar-refractivity contribution in [2.24, 2.45) is 0 Å². The van der Waals surface area contributed by atoms with E-state index < -0.39 is 28.5 Å². The number of nitrogens with zero attached hydrogens (tertiary/aromatic N) is 2. The molecular formula is C28H31Cl2N3O5S. The Morgan fingerprint density at radius 1 is 0.923 bits per heavy atom. The molecule has 0 bridgehead atoms. The fourth-order valence-electron chi connectivity index (χ4n) is 3.81. The maximum Gasteiger partial charge on any atom is 0.264 e. The molecule has 0 aliphatic carbocycles. The van der Waals surface area contributed by atoms with Gasteiger partial charge >= 0.3 is 0 Å². The van der Waals surface area contributed by atoms with Gasteiger partial charge in [0, 0.05) is 22.6 Å². The lowest BCUT2D eigenvalue weighted by Crippen LogP contribution is -2.52. The van der Waals surface area contributed by atoms with E-state index in [4.69, 9.17) is 27.9 Å². The predicted octanol–water partition coefficient (Wildman–Crippen LogP) is 5.14. The van der Waals surface area contributed by atoms with Gasteiger partial charge in [0.15, 0.2) is 0 Å². The van der Waals surface area contributed by atoms with Gasteiger partial charge in [0.05, 0.1) is 17.7 Å². The molecule has 1 atom stereocenters. The predicted molar refractivity (Wildman–Crippen MR) is 154 cm³/mol. The second-order valence-corrected chi connectivity index (χ2v) is 11.8. The van der Waals surface area contributed by atoms with Crippen LogP contribution in [0.25, 0.3) is 0 Å². The van der Waals surface area contributed by atoms with Gasteiger partial charge in [-0.1, -0.05) is 41.4 Å². The van der Waals surface area contributed by atoms with Gasteiger partial charge in [0.2, 0.25) is 11.8 Å². The van der Waals surface area contributed by atoms with Crippen LogP contribution in [0.5, 0.6) is 5.75 Å². The van der Waals surface area contributed by atoms with Gasteiger partial charge in [-0.15, -0.1) is 0 Å². The molecule has 3 aromatic rings. The van der Waals surface area contributed by atoms with Crippen LogP contribution < -0.4 is 14.4 Å². The Bertz CT molecular complexity index is 1400. The van der Waals surface area contributed by atoms with Crippen LogP contribution in [0.1, 0.15) is 26.3 Å². The van der Waals surface area contributed by atoms with Crippen molar-refractivity contribution in [1.82, 2.24) is 10.2 Å². The van der Waals surface area contributed by atoms with E-state index in [1.807, 2.05) is 13.8 Å². The maximum atomic E-state index is 13.9. The van der Waals surface area contributed by atoms with Gasteiger partial charge in [-0.25, -0.2) is 8.42 Å². The zero-order valence-corrected chi connectivity index (χ0v) is 24.4. The van der Waals surface area contributed by atoms with E-state index in [-0.39, 0.29) is 29.1 Å². The normalized spacial score (nSPS) is 12.1. The number of ether oxygens (including phenoxy) is 1.